The second kappa shape index (κ2) is 3.31. The number of aliphatic imine (C=N–C) groups is 1. The number of hydrogen-bond donors (Lipinski definition) is 2. The first-order valence-corrected chi connectivity index (χ1v) is 5.92. The van der Waals surface area contributed by atoms with Crippen molar-refractivity contribution in [2.75, 3.05) is 0 Å². The molecular weight excluding hydrogens is 201 g/mol. The smallest absolute Gasteiger partial charge is 0.323 e. The predicted molar refractivity (Wildman–Crippen MR) is 53.4 cm³/mol. The monoisotopic (exact) mass is 211 g/mol. The van der Waals surface area contributed by atoms with Crippen molar-refractivity contribution in [3.63, 3.8) is 0 Å². The molecule has 5 heteroatoms. The van der Waals surface area contributed by atoms with Gasteiger partial charge < -0.3 is 9.79 Å². The third kappa shape index (κ3) is 1.64. The minimum atomic E-state index is -4.17. The summed E-state index contributed by atoms with van der Waals surface area (Å²) in [5.74, 6) is -1.01. The quantitative estimate of drug-likeness (QED) is 0.691. The SMILES string of the molecule is O=P(O)(O)C1N=CCc2ccccc21. The van der Waals surface area contributed by atoms with Gasteiger partial charge in [-0.2, -0.15) is 0 Å². The van der Waals surface area contributed by atoms with Crippen LogP contribution in [-0.2, 0) is 11.0 Å². The Bertz CT molecular complexity index is 424. The molecule has 1 aromatic rings. The molecule has 0 fully saturated rings. The highest BCUT2D eigenvalue weighted by Crippen LogP contribution is 2.54. The lowest BCUT2D eigenvalue weighted by atomic mass is 10.0. The zero-order valence-corrected chi connectivity index (χ0v) is 8.26. The lowest BCUT2D eigenvalue weighted by molar-refractivity contribution is 0.359. The van der Waals surface area contributed by atoms with E-state index in [0.29, 0.717) is 12.0 Å². The van der Waals surface area contributed by atoms with Gasteiger partial charge in [0, 0.05) is 12.6 Å². The molecule has 74 valence electrons. The maximum absolute atomic E-state index is 11.1. The van der Waals surface area contributed by atoms with E-state index in [1.807, 2.05) is 12.1 Å². The summed E-state index contributed by atoms with van der Waals surface area (Å²) >= 11 is 0. The van der Waals surface area contributed by atoms with E-state index in [0.717, 1.165) is 5.56 Å². The van der Waals surface area contributed by atoms with Crippen LogP contribution in [0.4, 0.5) is 0 Å². The summed E-state index contributed by atoms with van der Waals surface area (Å²) in [6.07, 6.45) is 2.21. The van der Waals surface area contributed by atoms with Gasteiger partial charge in [0.15, 0.2) is 5.78 Å². The van der Waals surface area contributed by atoms with Gasteiger partial charge in [0.1, 0.15) is 0 Å². The van der Waals surface area contributed by atoms with Crippen molar-refractivity contribution in [2.45, 2.75) is 12.2 Å². The molecule has 0 amide bonds. The van der Waals surface area contributed by atoms with E-state index >= 15 is 0 Å². The van der Waals surface area contributed by atoms with E-state index in [1.165, 1.54) is 0 Å². The fourth-order valence-corrected chi connectivity index (χ4v) is 2.45. The lowest BCUT2D eigenvalue weighted by Gasteiger charge is -2.20. The number of fused-ring (bicyclic) bond motifs is 1. The van der Waals surface area contributed by atoms with Crippen LogP contribution in [-0.4, -0.2) is 16.0 Å². The summed E-state index contributed by atoms with van der Waals surface area (Å²) in [5.41, 5.74) is 1.58. The van der Waals surface area contributed by atoms with Crippen LogP contribution in [0, 0.1) is 0 Å². The first kappa shape index (κ1) is 9.59. The van der Waals surface area contributed by atoms with Gasteiger partial charge in [0.2, 0.25) is 0 Å². The molecule has 14 heavy (non-hydrogen) atoms. The molecule has 0 bridgehead atoms. The van der Waals surface area contributed by atoms with Crippen LogP contribution in [0.25, 0.3) is 0 Å². The Kier molecular flexibility index (Phi) is 2.27. The van der Waals surface area contributed by atoms with Crippen molar-refractivity contribution in [1.82, 2.24) is 0 Å². The average molecular weight is 211 g/mol. The van der Waals surface area contributed by atoms with Gasteiger partial charge in [-0.15, -0.1) is 0 Å². The Balaban J connectivity index is 2.51. The molecule has 2 N–H and O–H groups in total. The molecule has 1 aliphatic rings. The summed E-state index contributed by atoms with van der Waals surface area (Å²) in [7, 11) is -4.17. The van der Waals surface area contributed by atoms with Crippen LogP contribution < -0.4 is 0 Å². The maximum atomic E-state index is 11.1. The molecule has 4 nitrogen and oxygen atoms in total. The van der Waals surface area contributed by atoms with E-state index in [1.54, 1.807) is 18.3 Å². The molecule has 2 rings (SSSR count). The van der Waals surface area contributed by atoms with Crippen molar-refractivity contribution >= 4 is 13.8 Å². The van der Waals surface area contributed by atoms with Crippen molar-refractivity contribution in [2.24, 2.45) is 4.99 Å². The number of rotatable bonds is 1. The minimum absolute atomic E-state index is 0.642. The second-order valence-corrected chi connectivity index (χ2v) is 4.86. The van der Waals surface area contributed by atoms with Crippen LogP contribution >= 0.6 is 7.60 Å². The Labute approximate surface area is 81.5 Å². The Morgan fingerprint density at radius 3 is 2.79 bits per heavy atom. The molecule has 1 atom stereocenters. The molecule has 0 radical (unpaired) electrons. The average Bonchev–Trinajstić information content (AvgIpc) is 2.15. The highest BCUT2D eigenvalue weighted by atomic mass is 31.2. The number of benzene rings is 1. The zero-order valence-electron chi connectivity index (χ0n) is 7.37. The topological polar surface area (TPSA) is 69.9 Å². The predicted octanol–water partition coefficient (Wildman–Crippen LogP) is 1.49. The molecule has 1 aromatic carbocycles. The summed E-state index contributed by atoms with van der Waals surface area (Å²) in [4.78, 5) is 22.0. The third-order valence-electron chi connectivity index (χ3n) is 2.21. The number of nitrogens with zero attached hydrogens (tertiary/aromatic N) is 1. The van der Waals surface area contributed by atoms with Gasteiger partial charge in [-0.05, 0) is 11.1 Å². The van der Waals surface area contributed by atoms with Crippen molar-refractivity contribution in [1.29, 1.82) is 0 Å². The largest absolute Gasteiger partial charge is 0.354 e. The van der Waals surface area contributed by atoms with Gasteiger partial charge in [-0.3, -0.25) is 9.56 Å². The first-order valence-electron chi connectivity index (χ1n) is 4.23. The van der Waals surface area contributed by atoms with Crippen LogP contribution in [0.3, 0.4) is 0 Å². The highest BCUT2D eigenvalue weighted by molar-refractivity contribution is 7.52. The Morgan fingerprint density at radius 1 is 1.36 bits per heavy atom. The normalized spacial score (nSPS) is 20.6. The van der Waals surface area contributed by atoms with Crippen LogP contribution in [0.15, 0.2) is 29.3 Å². The van der Waals surface area contributed by atoms with E-state index in [-0.39, 0.29) is 0 Å². The van der Waals surface area contributed by atoms with Gasteiger partial charge in [-0.25, -0.2) is 0 Å². The van der Waals surface area contributed by atoms with Crippen LogP contribution in [0.2, 0.25) is 0 Å². The van der Waals surface area contributed by atoms with Crippen molar-refractivity contribution in [3.8, 4) is 0 Å². The molecule has 0 saturated heterocycles. The first-order chi connectivity index (χ1) is 6.59. The maximum Gasteiger partial charge on any atom is 0.354 e. The standard InChI is InChI=1S/C9H10NO3P/c11-14(12,13)9-8-4-2-1-3-7(8)5-6-10-9/h1-4,6,9H,5H2,(H2,11,12,13). The Hall–Kier alpha value is -0.960. The summed E-state index contributed by atoms with van der Waals surface area (Å²) in [6, 6.07) is 7.20. The lowest BCUT2D eigenvalue weighted by Crippen LogP contribution is -2.07. The highest BCUT2D eigenvalue weighted by Gasteiger charge is 2.32. The summed E-state index contributed by atoms with van der Waals surface area (Å²) in [6.45, 7) is 0. The van der Waals surface area contributed by atoms with Crippen molar-refractivity contribution in [3.05, 3.63) is 35.4 Å². The molecule has 0 aromatic heterocycles. The van der Waals surface area contributed by atoms with E-state index in [2.05, 4.69) is 4.99 Å². The van der Waals surface area contributed by atoms with Crippen LogP contribution in [0.5, 0.6) is 0 Å². The molecule has 1 aliphatic heterocycles. The number of hydrogen-bond acceptors (Lipinski definition) is 2. The van der Waals surface area contributed by atoms with Crippen LogP contribution in [0.1, 0.15) is 16.9 Å². The Morgan fingerprint density at radius 2 is 2.07 bits per heavy atom. The van der Waals surface area contributed by atoms with Gasteiger partial charge in [-0.1, -0.05) is 24.3 Å². The second-order valence-electron chi connectivity index (χ2n) is 3.20. The molecular formula is C9H10NO3P. The molecule has 0 aliphatic carbocycles. The zero-order chi connectivity index (χ0) is 10.2. The summed E-state index contributed by atoms with van der Waals surface area (Å²) < 4.78 is 11.1. The molecule has 0 saturated carbocycles. The van der Waals surface area contributed by atoms with Crippen molar-refractivity contribution < 1.29 is 14.4 Å². The van der Waals surface area contributed by atoms with Gasteiger partial charge >= 0.3 is 7.60 Å². The minimum Gasteiger partial charge on any atom is -0.323 e. The molecule has 1 heterocycles. The van der Waals surface area contributed by atoms with E-state index in [4.69, 9.17) is 9.79 Å². The fourth-order valence-electron chi connectivity index (χ4n) is 1.57. The van der Waals surface area contributed by atoms with E-state index in [9.17, 15) is 4.57 Å². The fraction of sp³-hybridized carbons (Fsp3) is 0.222. The third-order valence-corrected chi connectivity index (χ3v) is 3.26. The summed E-state index contributed by atoms with van der Waals surface area (Å²) in [5, 5.41) is 0. The van der Waals surface area contributed by atoms with E-state index < -0.39 is 13.4 Å². The van der Waals surface area contributed by atoms with Gasteiger partial charge in [0.05, 0.1) is 0 Å². The molecule has 1 unspecified atom stereocenters. The molecule has 0 spiro atoms. The van der Waals surface area contributed by atoms with Gasteiger partial charge in [0.25, 0.3) is 0 Å².